The number of nitrogens with one attached hydrogen (secondary N) is 1. The zero-order valence-electron chi connectivity index (χ0n) is 8.46. The lowest BCUT2D eigenvalue weighted by atomic mass is 10.1. The quantitative estimate of drug-likeness (QED) is 0.838. The summed E-state index contributed by atoms with van der Waals surface area (Å²) in [6.07, 6.45) is 2.89. The number of aromatic amines is 1. The Kier molecular flexibility index (Phi) is 4.03. The molecule has 15 heavy (non-hydrogen) atoms. The number of hydrogen-bond donors (Lipinski definition) is 2. The number of rotatable bonds is 2. The molecule has 4 heteroatoms. The minimum Gasteiger partial charge on any atom is -0.361 e. The van der Waals surface area contributed by atoms with Crippen molar-refractivity contribution in [2.24, 2.45) is 5.73 Å². The Morgan fingerprint density at radius 1 is 1.47 bits per heavy atom. The number of H-pyrrole nitrogens is 1. The van der Waals surface area contributed by atoms with E-state index in [0.717, 1.165) is 17.0 Å². The molecule has 0 aliphatic rings. The highest BCUT2D eigenvalue weighted by Gasteiger charge is 2.05. The lowest BCUT2D eigenvalue weighted by molar-refractivity contribution is 0.741. The molecule has 1 unspecified atom stereocenters. The molecule has 0 saturated heterocycles. The Morgan fingerprint density at radius 3 is 2.87 bits per heavy atom. The summed E-state index contributed by atoms with van der Waals surface area (Å²) < 4.78 is 0. The normalized spacial score (nSPS) is 12.5. The van der Waals surface area contributed by atoms with Crippen molar-refractivity contribution in [3.8, 4) is 0 Å². The van der Waals surface area contributed by atoms with Gasteiger partial charge in [0.15, 0.2) is 0 Å². The Balaban J connectivity index is 0.00000112. The smallest absolute Gasteiger partial charge is 0.0471 e. The van der Waals surface area contributed by atoms with Crippen LogP contribution >= 0.6 is 24.0 Å². The van der Waals surface area contributed by atoms with E-state index in [4.69, 9.17) is 17.3 Å². The summed E-state index contributed by atoms with van der Waals surface area (Å²) in [5.74, 6) is 0. The lowest BCUT2D eigenvalue weighted by Crippen LogP contribution is -2.17. The van der Waals surface area contributed by atoms with E-state index in [1.807, 2.05) is 31.3 Å². The maximum Gasteiger partial charge on any atom is 0.0471 e. The minimum atomic E-state index is 0. The van der Waals surface area contributed by atoms with Crippen LogP contribution in [0.1, 0.15) is 12.5 Å². The second-order valence-electron chi connectivity index (χ2n) is 3.69. The number of fused-ring (bicyclic) bond motifs is 1. The molecule has 0 saturated carbocycles. The number of aromatic nitrogens is 1. The molecule has 0 aliphatic heterocycles. The van der Waals surface area contributed by atoms with Crippen LogP contribution in [0, 0.1) is 0 Å². The van der Waals surface area contributed by atoms with Crippen LogP contribution in [0.4, 0.5) is 0 Å². The summed E-state index contributed by atoms with van der Waals surface area (Å²) in [5.41, 5.74) is 8.10. The second-order valence-corrected chi connectivity index (χ2v) is 4.12. The van der Waals surface area contributed by atoms with Gasteiger partial charge in [-0.2, -0.15) is 0 Å². The van der Waals surface area contributed by atoms with Crippen LogP contribution in [0.5, 0.6) is 0 Å². The summed E-state index contributed by atoms with van der Waals surface area (Å²) in [7, 11) is 0. The van der Waals surface area contributed by atoms with Gasteiger partial charge in [0.1, 0.15) is 0 Å². The molecule has 2 nitrogen and oxygen atoms in total. The molecule has 1 aromatic carbocycles. The number of hydrogen-bond acceptors (Lipinski definition) is 1. The first-order valence-corrected chi connectivity index (χ1v) is 5.05. The minimum absolute atomic E-state index is 0. The van der Waals surface area contributed by atoms with Gasteiger partial charge in [-0.15, -0.1) is 12.4 Å². The number of nitrogens with two attached hydrogens (primary N) is 1. The van der Waals surface area contributed by atoms with Crippen LogP contribution in [0.15, 0.2) is 24.4 Å². The van der Waals surface area contributed by atoms with Crippen LogP contribution in [0.25, 0.3) is 10.9 Å². The molecule has 0 amide bonds. The third-order valence-corrected chi connectivity index (χ3v) is 2.51. The molecule has 0 spiro atoms. The Hall–Kier alpha value is -0.700. The lowest BCUT2D eigenvalue weighted by Gasteiger charge is -2.02. The molecule has 1 aromatic heterocycles. The van der Waals surface area contributed by atoms with Gasteiger partial charge in [0.2, 0.25) is 0 Å². The van der Waals surface area contributed by atoms with Gasteiger partial charge in [-0.3, -0.25) is 0 Å². The Labute approximate surface area is 100 Å². The van der Waals surface area contributed by atoms with Crippen LogP contribution in [0.3, 0.4) is 0 Å². The zero-order valence-corrected chi connectivity index (χ0v) is 10.0. The fraction of sp³-hybridized carbons (Fsp3) is 0.273. The molecular formula is C11H14Cl2N2. The third kappa shape index (κ3) is 2.65. The molecule has 2 rings (SSSR count). The molecule has 2 aromatic rings. The van der Waals surface area contributed by atoms with Crippen molar-refractivity contribution in [2.45, 2.75) is 19.4 Å². The maximum atomic E-state index is 5.89. The standard InChI is InChI=1S/C11H13ClN2.ClH/c1-7(13)4-8-6-14-11-5-9(12)2-3-10(8)11;/h2-3,5-7,14H,4,13H2,1H3;1H. The van der Waals surface area contributed by atoms with E-state index in [-0.39, 0.29) is 18.4 Å². The van der Waals surface area contributed by atoms with E-state index in [1.54, 1.807) is 0 Å². The van der Waals surface area contributed by atoms with Crippen LogP contribution in [-0.2, 0) is 6.42 Å². The molecule has 82 valence electrons. The van der Waals surface area contributed by atoms with E-state index in [1.165, 1.54) is 10.9 Å². The van der Waals surface area contributed by atoms with Crippen molar-refractivity contribution < 1.29 is 0 Å². The molecule has 0 bridgehead atoms. The highest BCUT2D eigenvalue weighted by atomic mass is 35.5. The van der Waals surface area contributed by atoms with E-state index >= 15 is 0 Å². The third-order valence-electron chi connectivity index (χ3n) is 2.27. The molecule has 0 aliphatic carbocycles. The van der Waals surface area contributed by atoms with E-state index in [0.29, 0.717) is 0 Å². The van der Waals surface area contributed by atoms with Gasteiger partial charge in [-0.05, 0) is 31.0 Å². The fourth-order valence-corrected chi connectivity index (χ4v) is 1.85. The topological polar surface area (TPSA) is 41.8 Å². The summed E-state index contributed by atoms with van der Waals surface area (Å²) in [6.45, 7) is 2.01. The van der Waals surface area contributed by atoms with Crippen molar-refractivity contribution in [2.75, 3.05) is 0 Å². The maximum absolute atomic E-state index is 5.89. The summed E-state index contributed by atoms with van der Waals surface area (Å²) in [6, 6.07) is 6.06. The Bertz CT molecular complexity index is 449. The molecule has 1 atom stereocenters. The molecule has 3 N–H and O–H groups in total. The van der Waals surface area contributed by atoms with Crippen molar-refractivity contribution in [1.82, 2.24) is 4.98 Å². The zero-order chi connectivity index (χ0) is 10.1. The van der Waals surface area contributed by atoms with E-state index in [9.17, 15) is 0 Å². The second kappa shape index (κ2) is 4.88. The SMILES string of the molecule is CC(N)Cc1c[nH]c2cc(Cl)ccc12.Cl. The average molecular weight is 245 g/mol. The van der Waals surface area contributed by atoms with Gasteiger partial charge in [0.25, 0.3) is 0 Å². The van der Waals surface area contributed by atoms with Gasteiger partial charge < -0.3 is 10.7 Å². The molecular weight excluding hydrogens is 231 g/mol. The van der Waals surface area contributed by atoms with Crippen LogP contribution < -0.4 is 5.73 Å². The van der Waals surface area contributed by atoms with E-state index in [2.05, 4.69) is 4.98 Å². The highest BCUT2D eigenvalue weighted by molar-refractivity contribution is 6.31. The molecule has 0 radical (unpaired) electrons. The largest absolute Gasteiger partial charge is 0.361 e. The van der Waals surface area contributed by atoms with Crippen molar-refractivity contribution in [1.29, 1.82) is 0 Å². The molecule has 0 fully saturated rings. The summed E-state index contributed by atoms with van der Waals surface area (Å²) in [4.78, 5) is 3.19. The first-order valence-electron chi connectivity index (χ1n) is 4.68. The fourth-order valence-electron chi connectivity index (χ4n) is 1.67. The van der Waals surface area contributed by atoms with Gasteiger partial charge >= 0.3 is 0 Å². The molecule has 1 heterocycles. The summed E-state index contributed by atoms with van der Waals surface area (Å²) >= 11 is 5.89. The van der Waals surface area contributed by atoms with E-state index < -0.39 is 0 Å². The van der Waals surface area contributed by atoms with Gasteiger partial charge in [0, 0.05) is 28.2 Å². The predicted molar refractivity (Wildman–Crippen MR) is 67.9 cm³/mol. The number of benzene rings is 1. The summed E-state index contributed by atoms with van der Waals surface area (Å²) in [5, 5.41) is 1.97. The van der Waals surface area contributed by atoms with Gasteiger partial charge in [0.05, 0.1) is 0 Å². The van der Waals surface area contributed by atoms with Gasteiger partial charge in [-0.1, -0.05) is 17.7 Å². The van der Waals surface area contributed by atoms with Crippen molar-refractivity contribution >= 4 is 34.9 Å². The van der Waals surface area contributed by atoms with Gasteiger partial charge in [-0.25, -0.2) is 0 Å². The number of halogens is 2. The average Bonchev–Trinajstić information content (AvgIpc) is 2.47. The first-order chi connectivity index (χ1) is 6.66. The predicted octanol–water partition coefficient (Wildman–Crippen LogP) is 3.13. The first kappa shape index (κ1) is 12.4. The van der Waals surface area contributed by atoms with Crippen molar-refractivity contribution in [3.05, 3.63) is 35.0 Å². The van der Waals surface area contributed by atoms with Crippen LogP contribution in [0.2, 0.25) is 5.02 Å². The Morgan fingerprint density at radius 2 is 2.20 bits per heavy atom. The monoisotopic (exact) mass is 244 g/mol. The highest BCUT2D eigenvalue weighted by Crippen LogP contribution is 2.22. The van der Waals surface area contributed by atoms with Crippen LogP contribution in [-0.4, -0.2) is 11.0 Å². The van der Waals surface area contributed by atoms with Crippen molar-refractivity contribution in [3.63, 3.8) is 0 Å².